The number of aromatic nitrogens is 4. The number of halogens is 1. The highest BCUT2D eigenvalue weighted by Gasteiger charge is 2.18. The van der Waals surface area contributed by atoms with E-state index in [0.717, 1.165) is 11.1 Å². The van der Waals surface area contributed by atoms with Crippen LogP contribution in [0.5, 0.6) is 0 Å². The van der Waals surface area contributed by atoms with Crippen molar-refractivity contribution in [3.8, 4) is 0 Å². The molecule has 4 aromatic rings. The molecule has 2 aromatic heterocycles. The van der Waals surface area contributed by atoms with Gasteiger partial charge in [-0.3, -0.25) is 9.52 Å². The van der Waals surface area contributed by atoms with Crippen molar-refractivity contribution in [1.82, 2.24) is 19.9 Å². The number of anilines is 2. The van der Waals surface area contributed by atoms with Crippen molar-refractivity contribution < 1.29 is 13.2 Å². The Morgan fingerprint density at radius 1 is 1.00 bits per heavy atom. The topological polar surface area (TPSA) is 127 Å². The molecular formula is C25H23ClN6O3S2. The summed E-state index contributed by atoms with van der Waals surface area (Å²) in [5.74, 6) is 0.742. The lowest BCUT2D eigenvalue weighted by Gasteiger charge is -2.10. The molecule has 0 aliphatic rings. The molecule has 0 unspecified atom stereocenters. The SMILES string of the molecule is Cc1cc(NS(=O)(=O)c2ccc(NC(=O)c3nc(SCc4ccccc4C)ncc3Cl)cc2)nc(C)n1. The second-order valence-electron chi connectivity index (χ2n) is 8.09. The van der Waals surface area contributed by atoms with Crippen molar-refractivity contribution in [2.75, 3.05) is 10.0 Å². The first-order chi connectivity index (χ1) is 17.6. The zero-order chi connectivity index (χ0) is 26.6. The molecule has 4 rings (SSSR count). The summed E-state index contributed by atoms with van der Waals surface area (Å²) in [7, 11) is -3.89. The maximum absolute atomic E-state index is 12.9. The van der Waals surface area contributed by atoms with E-state index in [0.29, 0.717) is 28.1 Å². The number of rotatable bonds is 8. The summed E-state index contributed by atoms with van der Waals surface area (Å²) < 4.78 is 27.9. The Hall–Kier alpha value is -3.54. The molecule has 0 spiro atoms. The van der Waals surface area contributed by atoms with Crippen LogP contribution < -0.4 is 10.0 Å². The van der Waals surface area contributed by atoms with E-state index in [1.165, 1.54) is 48.3 Å². The van der Waals surface area contributed by atoms with Gasteiger partial charge in [0.1, 0.15) is 11.6 Å². The average molecular weight is 555 g/mol. The molecule has 2 N–H and O–H groups in total. The van der Waals surface area contributed by atoms with E-state index >= 15 is 0 Å². The molecule has 0 radical (unpaired) electrons. The molecule has 0 fully saturated rings. The monoisotopic (exact) mass is 554 g/mol. The molecule has 12 heteroatoms. The highest BCUT2D eigenvalue weighted by Crippen LogP contribution is 2.24. The molecule has 2 aromatic carbocycles. The van der Waals surface area contributed by atoms with Gasteiger partial charge in [0.2, 0.25) is 0 Å². The normalized spacial score (nSPS) is 11.2. The van der Waals surface area contributed by atoms with Gasteiger partial charge in [-0.15, -0.1) is 0 Å². The quantitative estimate of drug-likeness (QED) is 0.225. The second kappa shape index (κ2) is 11.2. The Morgan fingerprint density at radius 2 is 1.73 bits per heavy atom. The number of amides is 1. The third-order valence-electron chi connectivity index (χ3n) is 5.18. The van der Waals surface area contributed by atoms with Crippen molar-refractivity contribution in [2.24, 2.45) is 0 Å². The highest BCUT2D eigenvalue weighted by atomic mass is 35.5. The molecular weight excluding hydrogens is 532 g/mol. The number of nitrogens with one attached hydrogen (secondary N) is 2. The molecule has 0 saturated heterocycles. The largest absolute Gasteiger partial charge is 0.321 e. The van der Waals surface area contributed by atoms with Crippen LogP contribution in [0.3, 0.4) is 0 Å². The number of hydrogen-bond donors (Lipinski definition) is 2. The van der Waals surface area contributed by atoms with Crippen LogP contribution >= 0.6 is 23.4 Å². The highest BCUT2D eigenvalue weighted by molar-refractivity contribution is 7.98. The van der Waals surface area contributed by atoms with Crippen LogP contribution in [0.1, 0.15) is 33.1 Å². The number of nitrogens with zero attached hydrogens (tertiary/aromatic N) is 4. The van der Waals surface area contributed by atoms with Gasteiger partial charge in [-0.25, -0.2) is 28.4 Å². The number of carbonyl (C=O) groups is 1. The number of hydrogen-bond acceptors (Lipinski definition) is 8. The molecule has 0 bridgehead atoms. The Kier molecular flexibility index (Phi) is 8.06. The van der Waals surface area contributed by atoms with Crippen molar-refractivity contribution >= 4 is 50.8 Å². The molecule has 0 saturated carbocycles. The summed E-state index contributed by atoms with van der Waals surface area (Å²) in [6, 6.07) is 15.3. The van der Waals surface area contributed by atoms with Crippen molar-refractivity contribution in [3.05, 3.63) is 94.2 Å². The second-order valence-corrected chi connectivity index (χ2v) is 11.1. The number of aryl methyl sites for hydroxylation is 3. The van der Waals surface area contributed by atoms with E-state index in [1.807, 2.05) is 31.2 Å². The van der Waals surface area contributed by atoms with Crippen LogP contribution in [0.25, 0.3) is 0 Å². The molecule has 0 atom stereocenters. The molecule has 37 heavy (non-hydrogen) atoms. The zero-order valence-corrected chi connectivity index (χ0v) is 22.6. The van der Waals surface area contributed by atoms with Gasteiger partial charge in [0.15, 0.2) is 10.9 Å². The van der Waals surface area contributed by atoms with E-state index in [9.17, 15) is 13.2 Å². The third-order valence-corrected chi connectivity index (χ3v) is 7.74. The number of carbonyl (C=O) groups excluding carboxylic acids is 1. The summed E-state index contributed by atoms with van der Waals surface area (Å²) in [5.41, 5.74) is 3.35. The summed E-state index contributed by atoms with van der Waals surface area (Å²) in [6.45, 7) is 5.46. The predicted molar refractivity (Wildman–Crippen MR) is 144 cm³/mol. The van der Waals surface area contributed by atoms with E-state index in [2.05, 4.69) is 30.0 Å². The van der Waals surface area contributed by atoms with Gasteiger partial charge >= 0.3 is 0 Å². The molecule has 0 aliphatic carbocycles. The predicted octanol–water partition coefficient (Wildman–Crippen LogP) is 5.19. The number of thioether (sulfide) groups is 1. The minimum Gasteiger partial charge on any atom is -0.321 e. The van der Waals surface area contributed by atoms with Crippen molar-refractivity contribution in [3.63, 3.8) is 0 Å². The lowest BCUT2D eigenvalue weighted by Crippen LogP contribution is -2.16. The first-order valence-corrected chi connectivity index (χ1v) is 13.9. The van der Waals surface area contributed by atoms with Crippen molar-refractivity contribution in [2.45, 2.75) is 36.6 Å². The maximum atomic E-state index is 12.9. The van der Waals surface area contributed by atoms with Gasteiger partial charge in [-0.05, 0) is 56.2 Å². The van der Waals surface area contributed by atoms with Crippen LogP contribution in [0, 0.1) is 20.8 Å². The number of sulfonamides is 1. The van der Waals surface area contributed by atoms with Crippen LogP contribution in [-0.2, 0) is 15.8 Å². The standard InChI is InChI=1S/C25H23ClN6O3S2/c1-15-6-4-5-7-18(15)14-36-25-27-13-21(26)23(31-25)24(33)30-19-8-10-20(11-9-19)37(34,35)32-22-12-16(2)28-17(3)29-22/h4-13H,14H2,1-3H3,(H,30,33)(H,28,29,32). The van der Waals surface area contributed by atoms with Gasteiger partial charge in [-0.1, -0.05) is 47.6 Å². The van der Waals surface area contributed by atoms with E-state index < -0.39 is 15.9 Å². The van der Waals surface area contributed by atoms with Gasteiger partial charge in [0.25, 0.3) is 15.9 Å². The maximum Gasteiger partial charge on any atom is 0.275 e. The first-order valence-electron chi connectivity index (χ1n) is 11.1. The summed E-state index contributed by atoms with van der Waals surface area (Å²) >= 11 is 7.59. The van der Waals surface area contributed by atoms with Gasteiger partial charge in [0, 0.05) is 23.2 Å². The number of benzene rings is 2. The Morgan fingerprint density at radius 3 is 2.43 bits per heavy atom. The first kappa shape index (κ1) is 26.5. The van der Waals surface area contributed by atoms with Gasteiger partial charge in [-0.2, -0.15) is 0 Å². The van der Waals surface area contributed by atoms with Gasteiger partial charge in [0.05, 0.1) is 16.1 Å². The lowest BCUT2D eigenvalue weighted by molar-refractivity contribution is 0.102. The van der Waals surface area contributed by atoms with Crippen LogP contribution in [0.15, 0.2) is 70.8 Å². The van der Waals surface area contributed by atoms with E-state index in [4.69, 9.17) is 11.6 Å². The Balaban J connectivity index is 1.44. The molecule has 1 amide bonds. The summed E-state index contributed by atoms with van der Waals surface area (Å²) in [5, 5.41) is 3.22. The van der Waals surface area contributed by atoms with E-state index in [-0.39, 0.29) is 21.4 Å². The van der Waals surface area contributed by atoms with Gasteiger partial charge < -0.3 is 5.32 Å². The fourth-order valence-corrected chi connectivity index (χ4v) is 5.43. The average Bonchev–Trinajstić information content (AvgIpc) is 2.83. The lowest BCUT2D eigenvalue weighted by atomic mass is 10.1. The molecule has 190 valence electrons. The minimum atomic E-state index is -3.89. The zero-order valence-electron chi connectivity index (χ0n) is 20.2. The van der Waals surface area contributed by atoms with Crippen LogP contribution in [0.2, 0.25) is 5.02 Å². The Labute approximate surface area is 224 Å². The smallest absolute Gasteiger partial charge is 0.275 e. The Bertz CT molecular complexity index is 1540. The van der Waals surface area contributed by atoms with E-state index in [1.54, 1.807) is 13.8 Å². The molecule has 0 aliphatic heterocycles. The third kappa shape index (κ3) is 6.82. The fraction of sp³-hybridized carbons (Fsp3) is 0.160. The summed E-state index contributed by atoms with van der Waals surface area (Å²) in [6.07, 6.45) is 1.39. The minimum absolute atomic E-state index is 0.00868. The van der Waals surface area contributed by atoms with Crippen LogP contribution in [0.4, 0.5) is 11.5 Å². The van der Waals surface area contributed by atoms with Crippen molar-refractivity contribution in [1.29, 1.82) is 0 Å². The fourth-order valence-electron chi connectivity index (χ4n) is 3.37. The van der Waals surface area contributed by atoms with Crippen LogP contribution in [-0.4, -0.2) is 34.3 Å². The summed E-state index contributed by atoms with van der Waals surface area (Å²) in [4.78, 5) is 29.6. The molecule has 2 heterocycles. The molecule has 9 nitrogen and oxygen atoms in total.